The molecular weight excluding hydrogens is 1060 g/mol. The lowest BCUT2D eigenvalue weighted by Gasteiger charge is -2.18. The maximum absolute atomic E-state index is 5.54. The SMILES string of the molecule is c1ccc(-c2nc(-c3ccccc3-n3c4ccccc4c4cc(-n5c6ccccc6c6ccccc65)ccc43)cc(-c3ccccc3-n3c4ccccc4c4cccc(-c5ccccc5-c5nc(-c6ccccc6)nc(-c6ccccc6)n5)c43)n2)cc1. The molecule has 8 heteroatoms. The first-order valence-electron chi connectivity index (χ1n) is 29.3. The van der Waals surface area contributed by atoms with Gasteiger partial charge in [-0.1, -0.05) is 243 Å². The Balaban J connectivity index is 0.859. The number of rotatable bonds is 10. The van der Waals surface area contributed by atoms with E-state index in [0.717, 1.165) is 111 Å². The van der Waals surface area contributed by atoms with Gasteiger partial charge in [0.25, 0.3) is 0 Å². The maximum Gasteiger partial charge on any atom is 0.164 e. The fraction of sp³-hybridized carbons (Fsp3) is 0. The second-order valence-corrected chi connectivity index (χ2v) is 21.9. The van der Waals surface area contributed by atoms with Crippen LogP contribution in [0.15, 0.2) is 303 Å². The predicted octanol–water partition coefficient (Wildman–Crippen LogP) is 19.6. The number of hydrogen-bond donors (Lipinski definition) is 0. The molecule has 12 aromatic carbocycles. The van der Waals surface area contributed by atoms with Gasteiger partial charge in [-0.05, 0) is 66.2 Å². The molecule has 17 rings (SSSR count). The van der Waals surface area contributed by atoms with Crippen molar-refractivity contribution in [1.29, 1.82) is 0 Å². The summed E-state index contributed by atoms with van der Waals surface area (Å²) in [5, 5.41) is 7.06. The molecule has 406 valence electrons. The van der Waals surface area contributed by atoms with Crippen LogP contribution < -0.4 is 0 Å². The Morgan fingerprint density at radius 1 is 0.207 bits per heavy atom. The minimum Gasteiger partial charge on any atom is -0.309 e. The standard InChI is InChI=1S/C79H50N8/c1-4-25-51(26-5-1)76-80-66(63-37-16-22-45-72(63)86-70-43-20-15-35-59(70)65-49-54(47-48-74(65)86)85-68-41-18-12-32-56(68)57-33-13-19-42-69(57)85)50-67(81-76)64-38-17-23-46-73(64)87-71-44-21-14-34-58(71)61-40-24-39-60(75(61)87)55-31-10-11-36-62(55)79-83-77(52-27-6-2-7-28-52)82-78(84-79)53-29-8-3-9-30-53/h1-50H. The summed E-state index contributed by atoms with van der Waals surface area (Å²) >= 11 is 0. The summed E-state index contributed by atoms with van der Waals surface area (Å²) in [6, 6.07) is 107. The summed E-state index contributed by atoms with van der Waals surface area (Å²) in [6.45, 7) is 0. The normalized spacial score (nSPS) is 11.7. The summed E-state index contributed by atoms with van der Waals surface area (Å²) in [5.74, 6) is 2.44. The predicted molar refractivity (Wildman–Crippen MR) is 356 cm³/mol. The molecule has 0 bridgehead atoms. The van der Waals surface area contributed by atoms with E-state index >= 15 is 0 Å². The van der Waals surface area contributed by atoms with Crippen molar-refractivity contribution in [3.05, 3.63) is 303 Å². The van der Waals surface area contributed by atoms with Gasteiger partial charge in [0.2, 0.25) is 0 Å². The van der Waals surface area contributed by atoms with Crippen molar-refractivity contribution >= 4 is 65.4 Å². The van der Waals surface area contributed by atoms with E-state index in [1.54, 1.807) is 0 Å². The van der Waals surface area contributed by atoms with Crippen LogP contribution in [-0.4, -0.2) is 38.6 Å². The van der Waals surface area contributed by atoms with Gasteiger partial charge in [-0.3, -0.25) is 0 Å². The molecule has 0 radical (unpaired) electrons. The van der Waals surface area contributed by atoms with E-state index in [9.17, 15) is 0 Å². The molecule has 0 N–H and O–H groups in total. The van der Waals surface area contributed by atoms with Crippen LogP contribution in [0.4, 0.5) is 0 Å². The second-order valence-electron chi connectivity index (χ2n) is 21.9. The maximum atomic E-state index is 5.54. The van der Waals surface area contributed by atoms with Crippen molar-refractivity contribution in [2.24, 2.45) is 0 Å². The van der Waals surface area contributed by atoms with E-state index in [1.165, 1.54) is 27.2 Å². The summed E-state index contributed by atoms with van der Waals surface area (Å²) in [7, 11) is 0. The molecule has 5 heterocycles. The van der Waals surface area contributed by atoms with Gasteiger partial charge < -0.3 is 13.7 Å². The van der Waals surface area contributed by atoms with Crippen LogP contribution >= 0.6 is 0 Å². The fourth-order valence-corrected chi connectivity index (χ4v) is 13.1. The largest absolute Gasteiger partial charge is 0.309 e. The summed E-state index contributed by atoms with van der Waals surface area (Å²) in [6.07, 6.45) is 0. The van der Waals surface area contributed by atoms with Gasteiger partial charge in [0.15, 0.2) is 23.3 Å². The van der Waals surface area contributed by atoms with E-state index in [4.69, 9.17) is 24.9 Å². The van der Waals surface area contributed by atoms with Gasteiger partial charge in [-0.25, -0.2) is 24.9 Å². The molecule has 0 fully saturated rings. The molecular formula is C79H50N8. The van der Waals surface area contributed by atoms with Crippen molar-refractivity contribution in [3.8, 4) is 96.3 Å². The Bertz CT molecular complexity index is 5420. The van der Waals surface area contributed by atoms with Crippen molar-refractivity contribution in [2.45, 2.75) is 0 Å². The Morgan fingerprint density at radius 3 is 1.13 bits per heavy atom. The average molecular weight is 1110 g/mol. The first-order valence-corrected chi connectivity index (χ1v) is 29.3. The zero-order valence-electron chi connectivity index (χ0n) is 46.9. The van der Waals surface area contributed by atoms with Crippen LogP contribution in [0, 0.1) is 0 Å². The van der Waals surface area contributed by atoms with Gasteiger partial charge in [0.05, 0.1) is 55.9 Å². The molecule has 0 aliphatic rings. The van der Waals surface area contributed by atoms with Crippen molar-refractivity contribution in [2.75, 3.05) is 0 Å². The minimum absolute atomic E-state index is 0.589. The third-order valence-electron chi connectivity index (χ3n) is 16.9. The number of hydrogen-bond acceptors (Lipinski definition) is 5. The molecule has 8 nitrogen and oxygen atoms in total. The number of fused-ring (bicyclic) bond motifs is 9. The smallest absolute Gasteiger partial charge is 0.164 e. The van der Waals surface area contributed by atoms with E-state index < -0.39 is 0 Å². The van der Waals surface area contributed by atoms with E-state index in [-0.39, 0.29) is 0 Å². The van der Waals surface area contributed by atoms with E-state index in [0.29, 0.717) is 23.3 Å². The average Bonchev–Trinajstić information content (AvgIpc) is 2.64. The van der Waals surface area contributed by atoms with Gasteiger partial charge in [-0.2, -0.15) is 0 Å². The molecule has 0 saturated carbocycles. The van der Waals surface area contributed by atoms with Crippen LogP contribution in [0.2, 0.25) is 0 Å². The quantitative estimate of drug-likeness (QED) is 0.136. The lowest BCUT2D eigenvalue weighted by Crippen LogP contribution is -2.03. The van der Waals surface area contributed by atoms with Gasteiger partial charge in [0.1, 0.15) is 0 Å². The first kappa shape index (κ1) is 49.7. The van der Waals surface area contributed by atoms with Crippen LogP contribution in [0.25, 0.3) is 162 Å². The number of para-hydroxylation sites is 7. The zero-order valence-corrected chi connectivity index (χ0v) is 46.9. The molecule has 0 aliphatic carbocycles. The molecule has 0 spiro atoms. The molecule has 0 amide bonds. The van der Waals surface area contributed by atoms with Crippen molar-refractivity contribution < 1.29 is 0 Å². The highest BCUT2D eigenvalue weighted by Crippen LogP contribution is 2.45. The summed E-state index contributed by atoms with van der Waals surface area (Å²) in [4.78, 5) is 26.6. The monoisotopic (exact) mass is 1110 g/mol. The number of benzene rings is 12. The van der Waals surface area contributed by atoms with Gasteiger partial charge in [0, 0.05) is 76.9 Å². The molecule has 87 heavy (non-hydrogen) atoms. The lowest BCUT2D eigenvalue weighted by molar-refractivity contribution is 1.07. The molecule has 0 unspecified atom stereocenters. The van der Waals surface area contributed by atoms with Crippen LogP contribution in [0.5, 0.6) is 0 Å². The van der Waals surface area contributed by atoms with Crippen molar-refractivity contribution in [3.63, 3.8) is 0 Å². The van der Waals surface area contributed by atoms with Crippen LogP contribution in [0.3, 0.4) is 0 Å². The highest BCUT2D eigenvalue weighted by Gasteiger charge is 2.25. The number of nitrogens with zero attached hydrogens (tertiary/aromatic N) is 8. The highest BCUT2D eigenvalue weighted by atomic mass is 15.0. The van der Waals surface area contributed by atoms with Gasteiger partial charge >= 0.3 is 0 Å². The molecule has 5 aromatic heterocycles. The van der Waals surface area contributed by atoms with Crippen molar-refractivity contribution in [1.82, 2.24) is 38.6 Å². The van der Waals surface area contributed by atoms with Crippen LogP contribution in [-0.2, 0) is 0 Å². The minimum atomic E-state index is 0.589. The van der Waals surface area contributed by atoms with Gasteiger partial charge in [-0.15, -0.1) is 0 Å². The molecule has 17 aromatic rings. The molecule has 0 saturated heterocycles. The Labute approximate surface area is 500 Å². The molecule has 0 atom stereocenters. The zero-order chi connectivity index (χ0) is 57.4. The topological polar surface area (TPSA) is 79.2 Å². The third-order valence-corrected chi connectivity index (χ3v) is 16.9. The Hall–Kier alpha value is -11.9. The Kier molecular flexibility index (Phi) is 11.7. The highest BCUT2D eigenvalue weighted by molar-refractivity contribution is 6.16. The summed E-state index contributed by atoms with van der Waals surface area (Å²) < 4.78 is 7.23. The van der Waals surface area contributed by atoms with E-state index in [2.05, 4.69) is 250 Å². The number of aromatic nitrogens is 8. The fourth-order valence-electron chi connectivity index (χ4n) is 13.1. The lowest BCUT2D eigenvalue weighted by atomic mass is 9.96. The molecule has 0 aliphatic heterocycles. The summed E-state index contributed by atoms with van der Waals surface area (Å²) in [5.41, 5.74) is 19.0. The van der Waals surface area contributed by atoms with Crippen LogP contribution in [0.1, 0.15) is 0 Å². The van der Waals surface area contributed by atoms with E-state index in [1.807, 2.05) is 66.7 Å². The Morgan fingerprint density at radius 2 is 0.575 bits per heavy atom. The second kappa shape index (κ2) is 20.5. The third kappa shape index (κ3) is 8.26. The first-order chi connectivity index (χ1) is 43.2.